The van der Waals surface area contributed by atoms with Gasteiger partial charge in [-0.1, -0.05) is 0 Å². The molecule has 8 heteroatoms. The number of aromatic nitrogens is 1. The summed E-state index contributed by atoms with van der Waals surface area (Å²) in [7, 11) is 1.63. The van der Waals surface area contributed by atoms with Crippen LogP contribution in [0.25, 0.3) is 21.5 Å². The SMILES string of the molecule is COc1ccc(-c2ccc3c(N)c(C(=O)Nc4sc5c(c4C#N)CCCC5)sc3n2)cc1. The average molecular weight is 461 g/mol. The van der Waals surface area contributed by atoms with E-state index in [1.54, 1.807) is 7.11 Å². The summed E-state index contributed by atoms with van der Waals surface area (Å²) < 4.78 is 5.21. The van der Waals surface area contributed by atoms with Crippen LogP contribution in [0.4, 0.5) is 10.7 Å². The molecule has 1 aromatic carbocycles. The van der Waals surface area contributed by atoms with E-state index < -0.39 is 0 Å². The van der Waals surface area contributed by atoms with Gasteiger partial charge >= 0.3 is 0 Å². The zero-order valence-corrected chi connectivity index (χ0v) is 19.0. The highest BCUT2D eigenvalue weighted by atomic mass is 32.1. The summed E-state index contributed by atoms with van der Waals surface area (Å²) in [5.41, 5.74) is 10.2. The van der Waals surface area contributed by atoms with Gasteiger partial charge in [0.15, 0.2) is 0 Å². The lowest BCUT2D eigenvalue weighted by Crippen LogP contribution is -2.12. The van der Waals surface area contributed by atoms with Crippen LogP contribution in [0.3, 0.4) is 0 Å². The summed E-state index contributed by atoms with van der Waals surface area (Å²) >= 11 is 2.77. The molecule has 0 bridgehead atoms. The van der Waals surface area contributed by atoms with Crippen molar-refractivity contribution in [2.24, 2.45) is 0 Å². The van der Waals surface area contributed by atoms with E-state index in [1.165, 1.54) is 27.6 Å². The molecule has 3 aromatic heterocycles. The standard InChI is InChI=1S/C24H20N4O2S2/c1-30-14-8-6-13(7-9-14)18-11-10-16-20(26)21(32-23(16)27-18)22(29)28-24-17(12-25)15-4-2-3-5-19(15)31-24/h6-11H,2-5,26H2,1H3,(H,28,29). The highest BCUT2D eigenvalue weighted by Crippen LogP contribution is 2.39. The number of pyridine rings is 1. The van der Waals surface area contributed by atoms with Crippen LogP contribution in [0.1, 0.15) is 38.5 Å². The lowest BCUT2D eigenvalue weighted by molar-refractivity contribution is 0.103. The predicted molar refractivity (Wildman–Crippen MR) is 130 cm³/mol. The number of thiophene rings is 2. The first-order valence-electron chi connectivity index (χ1n) is 10.3. The van der Waals surface area contributed by atoms with Crippen LogP contribution in [0.15, 0.2) is 36.4 Å². The molecule has 0 radical (unpaired) electrons. The highest BCUT2D eigenvalue weighted by molar-refractivity contribution is 7.21. The number of aryl methyl sites for hydroxylation is 1. The number of nitrogens with two attached hydrogens (primary N) is 1. The summed E-state index contributed by atoms with van der Waals surface area (Å²) in [6, 6.07) is 13.7. The number of ether oxygens (including phenoxy) is 1. The van der Waals surface area contributed by atoms with E-state index in [2.05, 4.69) is 11.4 Å². The molecule has 32 heavy (non-hydrogen) atoms. The molecule has 0 saturated carbocycles. The van der Waals surface area contributed by atoms with Crippen molar-refractivity contribution >= 4 is 49.5 Å². The first-order valence-corrected chi connectivity index (χ1v) is 11.9. The van der Waals surface area contributed by atoms with Crippen molar-refractivity contribution in [3.05, 3.63) is 57.3 Å². The number of benzene rings is 1. The second-order valence-corrected chi connectivity index (χ2v) is 9.71. The summed E-state index contributed by atoms with van der Waals surface area (Å²) in [5, 5.41) is 14.0. The van der Waals surface area contributed by atoms with Crippen LogP contribution in [0.2, 0.25) is 0 Å². The lowest BCUT2D eigenvalue weighted by atomic mass is 9.96. The molecule has 3 N–H and O–H groups in total. The maximum Gasteiger partial charge on any atom is 0.268 e. The van der Waals surface area contributed by atoms with Crippen LogP contribution >= 0.6 is 22.7 Å². The van der Waals surface area contributed by atoms with Gasteiger partial charge in [0, 0.05) is 15.8 Å². The fraction of sp³-hybridized carbons (Fsp3) is 0.208. The number of hydrogen-bond acceptors (Lipinski definition) is 7. The fourth-order valence-electron chi connectivity index (χ4n) is 4.02. The second kappa shape index (κ2) is 8.26. The Labute approximate surface area is 193 Å². The Balaban J connectivity index is 1.46. The molecule has 6 nitrogen and oxygen atoms in total. The monoisotopic (exact) mass is 460 g/mol. The van der Waals surface area contributed by atoms with E-state index in [0.717, 1.165) is 53.6 Å². The van der Waals surface area contributed by atoms with Crippen LogP contribution in [0.5, 0.6) is 5.75 Å². The lowest BCUT2D eigenvalue weighted by Gasteiger charge is -2.09. The molecule has 1 aliphatic rings. The summed E-state index contributed by atoms with van der Waals surface area (Å²) in [6.07, 6.45) is 4.07. The quantitative estimate of drug-likeness (QED) is 0.412. The Hall–Kier alpha value is -3.41. The number of nitriles is 1. The molecule has 0 spiro atoms. The molecule has 0 unspecified atom stereocenters. The van der Waals surface area contributed by atoms with Crippen LogP contribution in [0, 0.1) is 11.3 Å². The van der Waals surface area contributed by atoms with Crippen molar-refractivity contribution in [3.63, 3.8) is 0 Å². The van der Waals surface area contributed by atoms with Gasteiger partial charge in [-0.15, -0.1) is 22.7 Å². The van der Waals surface area contributed by atoms with Crippen LogP contribution in [-0.2, 0) is 12.8 Å². The van der Waals surface area contributed by atoms with E-state index in [9.17, 15) is 10.1 Å². The van der Waals surface area contributed by atoms with Crippen molar-refractivity contribution < 1.29 is 9.53 Å². The number of methoxy groups -OCH3 is 1. The number of nitrogens with zero attached hydrogens (tertiary/aromatic N) is 2. The summed E-state index contributed by atoms with van der Waals surface area (Å²) in [4.78, 5) is 20.1. The van der Waals surface area contributed by atoms with Gasteiger partial charge in [-0.05, 0) is 67.6 Å². The van der Waals surface area contributed by atoms with E-state index in [-0.39, 0.29) is 5.91 Å². The number of rotatable bonds is 4. The van der Waals surface area contributed by atoms with E-state index in [0.29, 0.717) is 26.0 Å². The number of carbonyl (C=O) groups is 1. The van der Waals surface area contributed by atoms with Gasteiger partial charge in [-0.25, -0.2) is 4.98 Å². The van der Waals surface area contributed by atoms with Crippen molar-refractivity contribution in [3.8, 4) is 23.1 Å². The van der Waals surface area contributed by atoms with E-state index >= 15 is 0 Å². The number of fused-ring (bicyclic) bond motifs is 2. The van der Waals surface area contributed by atoms with Gasteiger partial charge in [-0.3, -0.25) is 4.79 Å². The molecule has 5 rings (SSSR count). The Bertz CT molecular complexity index is 1380. The molecule has 1 amide bonds. The predicted octanol–water partition coefficient (Wildman–Crippen LogP) is 5.62. The minimum Gasteiger partial charge on any atom is -0.497 e. The van der Waals surface area contributed by atoms with E-state index in [1.807, 2.05) is 36.4 Å². The molecule has 160 valence electrons. The van der Waals surface area contributed by atoms with Crippen molar-refractivity contribution in [2.75, 3.05) is 18.2 Å². The van der Waals surface area contributed by atoms with Crippen molar-refractivity contribution in [1.29, 1.82) is 5.26 Å². The third kappa shape index (κ3) is 3.49. The van der Waals surface area contributed by atoms with Crippen LogP contribution < -0.4 is 15.8 Å². The molecule has 0 aliphatic heterocycles. The molecule has 3 heterocycles. The number of anilines is 2. The number of amides is 1. The normalized spacial score (nSPS) is 12.9. The van der Waals surface area contributed by atoms with Crippen molar-refractivity contribution in [2.45, 2.75) is 25.7 Å². The second-order valence-electron chi connectivity index (χ2n) is 7.60. The minimum absolute atomic E-state index is 0.299. The summed E-state index contributed by atoms with van der Waals surface area (Å²) in [6.45, 7) is 0. The topological polar surface area (TPSA) is 101 Å². The third-order valence-electron chi connectivity index (χ3n) is 5.70. The largest absolute Gasteiger partial charge is 0.497 e. The highest BCUT2D eigenvalue weighted by Gasteiger charge is 2.24. The maximum absolute atomic E-state index is 13.1. The third-order valence-corrected chi connectivity index (χ3v) is 8.02. The molecule has 1 aliphatic carbocycles. The zero-order chi connectivity index (χ0) is 22.2. The van der Waals surface area contributed by atoms with Gasteiger partial charge in [0.05, 0.1) is 24.1 Å². The first-order chi connectivity index (χ1) is 15.6. The Morgan fingerprint density at radius 3 is 2.69 bits per heavy atom. The Morgan fingerprint density at radius 1 is 1.16 bits per heavy atom. The van der Waals surface area contributed by atoms with E-state index in [4.69, 9.17) is 15.5 Å². The number of nitrogen functional groups attached to an aromatic ring is 1. The fourth-order valence-corrected chi connectivity index (χ4v) is 6.24. The average Bonchev–Trinajstić information content (AvgIpc) is 3.35. The van der Waals surface area contributed by atoms with Crippen LogP contribution in [-0.4, -0.2) is 18.0 Å². The molecule has 4 aromatic rings. The summed E-state index contributed by atoms with van der Waals surface area (Å²) in [5.74, 6) is 0.479. The molecular formula is C24H20N4O2S2. The maximum atomic E-state index is 13.1. The molecule has 0 atom stereocenters. The minimum atomic E-state index is -0.299. The Morgan fingerprint density at radius 2 is 1.94 bits per heavy atom. The Kier molecular flexibility index (Phi) is 5.29. The number of hydrogen-bond donors (Lipinski definition) is 2. The molecule has 0 saturated heterocycles. The molecular weight excluding hydrogens is 440 g/mol. The van der Waals surface area contributed by atoms with Gasteiger partial charge in [0.25, 0.3) is 5.91 Å². The number of carbonyl (C=O) groups excluding carboxylic acids is 1. The van der Waals surface area contributed by atoms with Gasteiger partial charge < -0.3 is 15.8 Å². The van der Waals surface area contributed by atoms with Gasteiger partial charge in [0.2, 0.25) is 0 Å². The number of nitrogens with one attached hydrogen (secondary N) is 1. The molecule has 0 fully saturated rings. The van der Waals surface area contributed by atoms with Gasteiger partial charge in [0.1, 0.15) is 26.5 Å². The smallest absolute Gasteiger partial charge is 0.268 e. The van der Waals surface area contributed by atoms with Gasteiger partial charge in [-0.2, -0.15) is 5.26 Å². The first kappa shape index (κ1) is 20.5. The zero-order valence-electron chi connectivity index (χ0n) is 17.4. The van der Waals surface area contributed by atoms with Crippen molar-refractivity contribution in [1.82, 2.24) is 4.98 Å².